The molecule has 2 aliphatic carbocycles. The molecule has 1 saturated heterocycles. The van der Waals surface area contributed by atoms with E-state index in [1.165, 1.54) is 12.5 Å². The number of rotatable bonds is 5. The molecule has 3 fully saturated rings. The van der Waals surface area contributed by atoms with Gasteiger partial charge < -0.3 is 10.2 Å². The van der Waals surface area contributed by atoms with Crippen LogP contribution >= 0.6 is 0 Å². The van der Waals surface area contributed by atoms with Gasteiger partial charge in [-0.05, 0) is 61.6 Å². The van der Waals surface area contributed by atoms with Crippen molar-refractivity contribution in [2.45, 2.75) is 63.8 Å². The van der Waals surface area contributed by atoms with Crippen LogP contribution < -0.4 is 5.32 Å². The van der Waals surface area contributed by atoms with E-state index in [4.69, 9.17) is 0 Å². The van der Waals surface area contributed by atoms with Gasteiger partial charge in [0.2, 0.25) is 5.91 Å². The molecule has 4 nitrogen and oxygen atoms in total. The maximum atomic E-state index is 13.6. The number of halogens is 2. The Kier molecular flexibility index (Phi) is 5.39. The predicted octanol–water partition coefficient (Wildman–Crippen LogP) is 4.05. The van der Waals surface area contributed by atoms with Gasteiger partial charge in [-0.1, -0.05) is 19.3 Å². The highest BCUT2D eigenvalue weighted by Crippen LogP contribution is 2.49. The molecule has 152 valence electrons. The van der Waals surface area contributed by atoms with Crippen molar-refractivity contribution in [3.63, 3.8) is 0 Å². The number of hydrogen-bond acceptors (Lipinski definition) is 2. The third kappa shape index (κ3) is 4.06. The fourth-order valence-electron chi connectivity index (χ4n) is 5.05. The van der Waals surface area contributed by atoms with E-state index < -0.39 is 11.6 Å². The van der Waals surface area contributed by atoms with Crippen LogP contribution in [-0.4, -0.2) is 35.8 Å². The van der Waals surface area contributed by atoms with Crippen molar-refractivity contribution in [1.82, 2.24) is 10.2 Å². The number of amides is 2. The summed E-state index contributed by atoms with van der Waals surface area (Å²) in [7, 11) is 0. The largest absolute Gasteiger partial charge is 0.353 e. The Balaban J connectivity index is 1.46. The summed E-state index contributed by atoms with van der Waals surface area (Å²) < 4.78 is 26.8. The lowest BCUT2D eigenvalue weighted by atomic mass is 9.66. The van der Waals surface area contributed by atoms with Crippen LogP contribution in [0, 0.1) is 23.0 Å². The molecule has 1 aliphatic heterocycles. The van der Waals surface area contributed by atoms with Crippen LogP contribution in [0.5, 0.6) is 0 Å². The molecule has 1 unspecified atom stereocenters. The second-order valence-corrected chi connectivity index (χ2v) is 8.81. The molecule has 1 aromatic rings. The molecular formula is C22H28F2N2O2. The van der Waals surface area contributed by atoms with Gasteiger partial charge in [-0.15, -0.1) is 0 Å². The minimum absolute atomic E-state index is 0.0619. The summed E-state index contributed by atoms with van der Waals surface area (Å²) in [6, 6.07) is 3.72. The molecule has 1 heterocycles. The molecule has 0 radical (unpaired) electrons. The monoisotopic (exact) mass is 390 g/mol. The van der Waals surface area contributed by atoms with Crippen LogP contribution in [0.2, 0.25) is 0 Å². The molecular weight excluding hydrogens is 362 g/mol. The SMILES string of the molecule is O=C(CCC1CN(C(=O)c2ccc(F)c(F)c2)CC12CCCCC2)NC1CC1. The van der Waals surface area contributed by atoms with Crippen LogP contribution in [0.3, 0.4) is 0 Å². The zero-order valence-electron chi connectivity index (χ0n) is 16.2. The first-order chi connectivity index (χ1) is 13.5. The molecule has 1 atom stereocenters. The average Bonchev–Trinajstić information content (AvgIpc) is 3.43. The lowest BCUT2D eigenvalue weighted by Crippen LogP contribution is -2.35. The summed E-state index contributed by atoms with van der Waals surface area (Å²) in [4.78, 5) is 26.9. The van der Waals surface area contributed by atoms with E-state index in [2.05, 4.69) is 5.32 Å². The highest BCUT2D eigenvalue weighted by molar-refractivity contribution is 5.94. The van der Waals surface area contributed by atoms with E-state index in [0.29, 0.717) is 25.6 Å². The van der Waals surface area contributed by atoms with Gasteiger partial charge in [0.1, 0.15) is 0 Å². The number of benzene rings is 1. The van der Waals surface area contributed by atoms with Crippen molar-refractivity contribution in [2.24, 2.45) is 11.3 Å². The lowest BCUT2D eigenvalue weighted by molar-refractivity contribution is -0.121. The smallest absolute Gasteiger partial charge is 0.253 e. The van der Waals surface area contributed by atoms with Crippen molar-refractivity contribution < 1.29 is 18.4 Å². The maximum absolute atomic E-state index is 13.6. The van der Waals surface area contributed by atoms with Crippen molar-refractivity contribution in [3.8, 4) is 0 Å². The topological polar surface area (TPSA) is 49.4 Å². The van der Waals surface area contributed by atoms with Crippen molar-refractivity contribution in [3.05, 3.63) is 35.4 Å². The van der Waals surface area contributed by atoms with E-state index in [1.54, 1.807) is 4.90 Å². The van der Waals surface area contributed by atoms with Crippen LogP contribution in [0.1, 0.15) is 68.1 Å². The first kappa shape index (κ1) is 19.3. The minimum Gasteiger partial charge on any atom is -0.353 e. The number of likely N-dealkylation sites (tertiary alicyclic amines) is 1. The zero-order chi connectivity index (χ0) is 19.7. The summed E-state index contributed by atoms with van der Waals surface area (Å²) >= 11 is 0. The standard InChI is InChI=1S/C22H28F2N2O2/c23-18-8-4-15(12-19(18)24)21(28)26-13-16(5-9-20(27)25-17-6-7-17)22(14-26)10-2-1-3-11-22/h4,8,12,16-17H,1-3,5-7,9-11,13-14H2,(H,25,27). The van der Waals surface area contributed by atoms with Gasteiger partial charge in [-0.2, -0.15) is 0 Å². The van der Waals surface area contributed by atoms with Gasteiger partial charge in [0, 0.05) is 31.1 Å². The Morgan fingerprint density at radius 1 is 1.11 bits per heavy atom. The second-order valence-electron chi connectivity index (χ2n) is 8.81. The third-order valence-corrected chi connectivity index (χ3v) is 6.78. The molecule has 1 spiro atoms. The fraction of sp³-hybridized carbons (Fsp3) is 0.636. The average molecular weight is 390 g/mol. The van der Waals surface area contributed by atoms with Gasteiger partial charge in [0.25, 0.3) is 5.91 Å². The Morgan fingerprint density at radius 2 is 1.86 bits per heavy atom. The van der Waals surface area contributed by atoms with Crippen molar-refractivity contribution in [1.29, 1.82) is 0 Å². The maximum Gasteiger partial charge on any atom is 0.253 e. The van der Waals surface area contributed by atoms with Gasteiger partial charge in [-0.3, -0.25) is 9.59 Å². The zero-order valence-corrected chi connectivity index (χ0v) is 16.2. The second kappa shape index (κ2) is 7.80. The molecule has 0 aromatic heterocycles. The van der Waals surface area contributed by atoms with Crippen LogP contribution in [0.25, 0.3) is 0 Å². The Hall–Kier alpha value is -1.98. The highest BCUT2D eigenvalue weighted by Gasteiger charge is 2.48. The molecule has 0 bridgehead atoms. The summed E-state index contributed by atoms with van der Waals surface area (Å²) in [5, 5.41) is 3.04. The summed E-state index contributed by atoms with van der Waals surface area (Å²) in [5.74, 6) is -1.79. The first-order valence-corrected chi connectivity index (χ1v) is 10.5. The van der Waals surface area contributed by atoms with Crippen LogP contribution in [0.4, 0.5) is 8.78 Å². The molecule has 6 heteroatoms. The molecule has 28 heavy (non-hydrogen) atoms. The quantitative estimate of drug-likeness (QED) is 0.825. The van der Waals surface area contributed by atoms with Gasteiger partial charge in [0.05, 0.1) is 0 Å². The molecule has 4 rings (SSSR count). The Bertz CT molecular complexity index is 757. The Labute approximate surface area is 164 Å². The number of hydrogen-bond donors (Lipinski definition) is 1. The van der Waals surface area contributed by atoms with E-state index in [0.717, 1.165) is 57.1 Å². The lowest BCUT2D eigenvalue weighted by Gasteiger charge is -2.38. The number of nitrogens with zero attached hydrogens (tertiary/aromatic N) is 1. The summed E-state index contributed by atoms with van der Waals surface area (Å²) in [6.45, 7) is 1.24. The number of nitrogens with one attached hydrogen (secondary N) is 1. The van der Waals surface area contributed by atoms with Gasteiger partial charge in [0.15, 0.2) is 11.6 Å². The summed E-state index contributed by atoms with van der Waals surface area (Å²) in [5.41, 5.74) is 0.254. The van der Waals surface area contributed by atoms with Crippen LogP contribution in [0.15, 0.2) is 18.2 Å². The highest BCUT2D eigenvalue weighted by atomic mass is 19.2. The van der Waals surface area contributed by atoms with E-state index >= 15 is 0 Å². The first-order valence-electron chi connectivity index (χ1n) is 10.5. The molecule has 2 amide bonds. The molecule has 1 aromatic carbocycles. The van der Waals surface area contributed by atoms with Crippen molar-refractivity contribution in [2.75, 3.05) is 13.1 Å². The van der Waals surface area contributed by atoms with E-state index in [9.17, 15) is 18.4 Å². The summed E-state index contributed by atoms with van der Waals surface area (Å²) in [6.07, 6.45) is 9.10. The van der Waals surface area contributed by atoms with Crippen molar-refractivity contribution >= 4 is 11.8 Å². The Morgan fingerprint density at radius 3 is 2.54 bits per heavy atom. The van der Waals surface area contributed by atoms with Gasteiger partial charge in [-0.25, -0.2) is 8.78 Å². The minimum atomic E-state index is -0.995. The normalized spacial score (nSPS) is 23.8. The number of carbonyl (C=O) groups is 2. The molecule has 3 aliphatic rings. The van der Waals surface area contributed by atoms with Gasteiger partial charge >= 0.3 is 0 Å². The van der Waals surface area contributed by atoms with E-state index in [-0.39, 0.29) is 28.7 Å². The molecule has 2 saturated carbocycles. The van der Waals surface area contributed by atoms with Crippen LogP contribution in [-0.2, 0) is 4.79 Å². The third-order valence-electron chi connectivity index (χ3n) is 6.78. The number of carbonyl (C=O) groups excluding carboxylic acids is 2. The molecule has 1 N–H and O–H groups in total. The fourth-order valence-corrected chi connectivity index (χ4v) is 5.05. The van der Waals surface area contributed by atoms with E-state index in [1.807, 2.05) is 0 Å². The predicted molar refractivity (Wildman–Crippen MR) is 102 cm³/mol.